The number of nitrogens with zero attached hydrogens (tertiary/aromatic N) is 2. The Balaban J connectivity index is 1.07. The van der Waals surface area contributed by atoms with E-state index in [1.54, 1.807) is 0 Å². The van der Waals surface area contributed by atoms with E-state index in [2.05, 4.69) is 146 Å². The number of oxazole rings is 1. The van der Waals surface area contributed by atoms with Gasteiger partial charge in [-0.25, -0.2) is 4.98 Å². The van der Waals surface area contributed by atoms with Crippen LogP contribution in [0.4, 0.5) is 17.1 Å². The minimum absolute atomic E-state index is 0.0697. The first-order chi connectivity index (χ1) is 26.5. The van der Waals surface area contributed by atoms with Crippen molar-refractivity contribution < 1.29 is 8.83 Å². The highest BCUT2D eigenvalue weighted by Crippen LogP contribution is 2.51. The fourth-order valence-corrected chi connectivity index (χ4v) is 8.63. The molecule has 0 radical (unpaired) electrons. The van der Waals surface area contributed by atoms with Gasteiger partial charge in [-0.15, -0.1) is 0 Å². The van der Waals surface area contributed by atoms with Crippen LogP contribution in [0.3, 0.4) is 0 Å². The summed E-state index contributed by atoms with van der Waals surface area (Å²) in [6, 6.07) is 60.1. The number of aromatic nitrogens is 1. The second kappa shape index (κ2) is 11.5. The molecular formula is C50H34N2O2. The number of benzene rings is 8. The molecule has 0 spiro atoms. The zero-order valence-electron chi connectivity index (χ0n) is 29.9. The van der Waals surface area contributed by atoms with Crippen LogP contribution in [0.1, 0.15) is 25.0 Å². The normalized spacial score (nSPS) is 13.1. The molecule has 0 unspecified atom stereocenters. The Morgan fingerprint density at radius 1 is 0.444 bits per heavy atom. The summed E-state index contributed by atoms with van der Waals surface area (Å²) < 4.78 is 12.8. The third kappa shape index (κ3) is 4.60. The molecule has 0 amide bonds. The maximum Gasteiger partial charge on any atom is 0.227 e. The van der Waals surface area contributed by atoms with E-state index < -0.39 is 0 Å². The number of fused-ring (bicyclic) bond motifs is 9. The van der Waals surface area contributed by atoms with Crippen molar-refractivity contribution in [1.29, 1.82) is 0 Å². The highest BCUT2D eigenvalue weighted by atomic mass is 16.3. The van der Waals surface area contributed by atoms with Crippen molar-refractivity contribution in [2.75, 3.05) is 4.90 Å². The molecule has 0 N–H and O–H groups in total. The molecule has 0 fully saturated rings. The molecule has 2 heterocycles. The fraction of sp³-hybridized carbons (Fsp3) is 0.0600. The van der Waals surface area contributed by atoms with Gasteiger partial charge in [0.25, 0.3) is 0 Å². The topological polar surface area (TPSA) is 42.4 Å². The van der Waals surface area contributed by atoms with Crippen molar-refractivity contribution in [3.8, 4) is 33.7 Å². The van der Waals surface area contributed by atoms with Gasteiger partial charge in [-0.05, 0) is 99.4 Å². The van der Waals surface area contributed by atoms with Gasteiger partial charge in [0.1, 0.15) is 16.7 Å². The Morgan fingerprint density at radius 3 is 1.94 bits per heavy atom. The van der Waals surface area contributed by atoms with Crippen molar-refractivity contribution in [1.82, 2.24) is 4.98 Å². The number of hydrogen-bond donors (Lipinski definition) is 0. The van der Waals surface area contributed by atoms with Gasteiger partial charge in [0.2, 0.25) is 5.89 Å². The van der Waals surface area contributed by atoms with Gasteiger partial charge in [0.15, 0.2) is 5.58 Å². The SMILES string of the molecule is CC1(C)c2ccccc2-c2cc(N(c3ccc(-c4cc5nc(-c6ccccc6)oc5c5ccccc45)cc3)c3ccc4c(c3)oc3ccccc34)ccc21. The molecular weight excluding hydrogens is 661 g/mol. The first-order valence-electron chi connectivity index (χ1n) is 18.5. The average Bonchev–Trinajstić information content (AvgIpc) is 3.89. The fourth-order valence-electron chi connectivity index (χ4n) is 8.63. The number of anilines is 3. The highest BCUT2D eigenvalue weighted by molar-refractivity contribution is 6.11. The lowest BCUT2D eigenvalue weighted by Crippen LogP contribution is -2.15. The van der Waals surface area contributed by atoms with Crippen molar-refractivity contribution in [2.45, 2.75) is 19.3 Å². The molecule has 54 heavy (non-hydrogen) atoms. The van der Waals surface area contributed by atoms with Gasteiger partial charge in [0.05, 0.1) is 0 Å². The van der Waals surface area contributed by atoms with Crippen LogP contribution in [0.5, 0.6) is 0 Å². The minimum Gasteiger partial charge on any atom is -0.456 e. The molecule has 2 aromatic heterocycles. The summed E-state index contributed by atoms with van der Waals surface area (Å²) >= 11 is 0. The lowest BCUT2D eigenvalue weighted by atomic mass is 9.82. The maximum atomic E-state index is 6.41. The quantitative estimate of drug-likeness (QED) is 0.180. The lowest BCUT2D eigenvalue weighted by Gasteiger charge is -2.27. The first kappa shape index (κ1) is 30.7. The highest BCUT2D eigenvalue weighted by Gasteiger charge is 2.35. The Labute approximate surface area is 312 Å². The van der Waals surface area contributed by atoms with Crippen LogP contribution in [0.15, 0.2) is 179 Å². The number of rotatable bonds is 5. The van der Waals surface area contributed by atoms with E-state index in [-0.39, 0.29) is 5.41 Å². The molecule has 4 heteroatoms. The molecule has 1 aliphatic carbocycles. The van der Waals surface area contributed by atoms with Gasteiger partial charge >= 0.3 is 0 Å². The molecule has 4 nitrogen and oxygen atoms in total. The Kier molecular flexibility index (Phi) is 6.56. The van der Waals surface area contributed by atoms with Crippen LogP contribution in [0.2, 0.25) is 0 Å². The minimum atomic E-state index is -0.0697. The zero-order valence-corrected chi connectivity index (χ0v) is 29.9. The molecule has 11 rings (SSSR count). The average molecular weight is 695 g/mol. The molecule has 0 saturated carbocycles. The van der Waals surface area contributed by atoms with Crippen molar-refractivity contribution >= 4 is 60.9 Å². The predicted molar refractivity (Wildman–Crippen MR) is 222 cm³/mol. The van der Waals surface area contributed by atoms with Crippen molar-refractivity contribution in [3.63, 3.8) is 0 Å². The van der Waals surface area contributed by atoms with Crippen LogP contribution in [0.25, 0.3) is 77.5 Å². The van der Waals surface area contributed by atoms with E-state index in [0.29, 0.717) is 5.89 Å². The van der Waals surface area contributed by atoms with E-state index in [0.717, 1.165) is 77.6 Å². The molecule has 256 valence electrons. The third-order valence-electron chi connectivity index (χ3n) is 11.3. The smallest absolute Gasteiger partial charge is 0.227 e. The van der Waals surface area contributed by atoms with Crippen LogP contribution in [-0.2, 0) is 5.41 Å². The summed E-state index contributed by atoms with van der Waals surface area (Å²) in [5, 5.41) is 4.41. The third-order valence-corrected chi connectivity index (χ3v) is 11.3. The summed E-state index contributed by atoms with van der Waals surface area (Å²) in [5.41, 5.74) is 15.0. The predicted octanol–water partition coefficient (Wildman–Crippen LogP) is 14.0. The molecule has 0 bridgehead atoms. The lowest BCUT2D eigenvalue weighted by molar-refractivity contribution is 0.623. The van der Waals surface area contributed by atoms with Gasteiger partial charge in [-0.3, -0.25) is 0 Å². The number of furan rings is 1. The Hall–Kier alpha value is -6.91. The van der Waals surface area contributed by atoms with Gasteiger partial charge < -0.3 is 13.7 Å². The van der Waals surface area contributed by atoms with E-state index in [1.807, 2.05) is 42.5 Å². The van der Waals surface area contributed by atoms with Gasteiger partial charge in [0, 0.05) is 50.3 Å². The molecule has 1 aliphatic rings. The van der Waals surface area contributed by atoms with Crippen molar-refractivity contribution in [2.24, 2.45) is 0 Å². The molecule has 0 saturated heterocycles. The van der Waals surface area contributed by atoms with Crippen molar-refractivity contribution in [3.05, 3.63) is 181 Å². The maximum absolute atomic E-state index is 6.41. The van der Waals surface area contributed by atoms with E-state index >= 15 is 0 Å². The molecule has 10 aromatic rings. The van der Waals surface area contributed by atoms with E-state index in [9.17, 15) is 0 Å². The molecule has 0 aliphatic heterocycles. The summed E-state index contributed by atoms with van der Waals surface area (Å²) in [4.78, 5) is 7.30. The summed E-state index contributed by atoms with van der Waals surface area (Å²) in [5.74, 6) is 0.626. The Morgan fingerprint density at radius 2 is 1.09 bits per heavy atom. The van der Waals surface area contributed by atoms with Gasteiger partial charge in [-0.1, -0.05) is 117 Å². The first-order valence-corrected chi connectivity index (χ1v) is 18.5. The van der Waals surface area contributed by atoms with E-state index in [4.69, 9.17) is 13.8 Å². The Bertz CT molecular complexity index is 3080. The second-order valence-corrected chi connectivity index (χ2v) is 14.8. The van der Waals surface area contributed by atoms with Crippen LogP contribution in [-0.4, -0.2) is 4.98 Å². The largest absolute Gasteiger partial charge is 0.456 e. The van der Waals surface area contributed by atoms with E-state index in [1.165, 1.54) is 22.3 Å². The summed E-state index contributed by atoms with van der Waals surface area (Å²) in [7, 11) is 0. The number of para-hydroxylation sites is 1. The molecule has 8 aromatic carbocycles. The van der Waals surface area contributed by atoms with Crippen LogP contribution < -0.4 is 4.90 Å². The number of hydrogen-bond acceptors (Lipinski definition) is 4. The van der Waals surface area contributed by atoms with Crippen LogP contribution in [0, 0.1) is 0 Å². The van der Waals surface area contributed by atoms with Crippen LogP contribution >= 0.6 is 0 Å². The van der Waals surface area contributed by atoms with Gasteiger partial charge in [-0.2, -0.15) is 0 Å². The zero-order chi connectivity index (χ0) is 36.0. The standard InChI is InChI=1S/C50H34N2O2/c1-50(2)43-18-10-8-15-37(43)42-28-34(25-27-44(42)50)52(35-24-26-39-38-16-9-11-19-46(38)53-47(39)29-35)33-22-20-31(21-23-33)41-30-45-48(40-17-7-6-14-36(40)41)54-49(51-45)32-12-4-3-5-13-32/h3-30H,1-2H3. The summed E-state index contributed by atoms with van der Waals surface area (Å²) in [6.45, 7) is 4.65. The summed E-state index contributed by atoms with van der Waals surface area (Å²) in [6.07, 6.45) is 0. The second-order valence-electron chi connectivity index (χ2n) is 14.8. The molecule has 0 atom stereocenters. The monoisotopic (exact) mass is 694 g/mol.